The van der Waals surface area contributed by atoms with E-state index in [2.05, 4.69) is 20.6 Å². The number of amides is 1. The number of rotatable bonds is 6. The molecule has 0 fully saturated rings. The molecule has 0 radical (unpaired) electrons. The number of aromatic nitrogens is 2. The average molecular weight is 371 g/mol. The van der Waals surface area contributed by atoms with Gasteiger partial charge in [0.15, 0.2) is 0 Å². The molecule has 7 heteroatoms. The van der Waals surface area contributed by atoms with Crippen molar-refractivity contribution in [1.82, 2.24) is 15.3 Å². The Kier molecular flexibility index (Phi) is 5.76. The molecule has 2 N–H and O–H groups in total. The van der Waals surface area contributed by atoms with Crippen molar-refractivity contribution in [2.24, 2.45) is 0 Å². The molecule has 0 aliphatic carbocycles. The SMILES string of the molecule is O=C(NCCc1ccccc1)c1cc(Nc2ccc(F)c(Cl)c2)ncn1. The van der Waals surface area contributed by atoms with E-state index in [4.69, 9.17) is 11.6 Å². The number of nitrogens with one attached hydrogen (secondary N) is 2. The first kappa shape index (κ1) is 17.8. The lowest BCUT2D eigenvalue weighted by Crippen LogP contribution is -2.26. The molecule has 26 heavy (non-hydrogen) atoms. The smallest absolute Gasteiger partial charge is 0.270 e. The van der Waals surface area contributed by atoms with Crippen LogP contribution in [0.15, 0.2) is 60.9 Å². The zero-order valence-electron chi connectivity index (χ0n) is 13.7. The number of carbonyl (C=O) groups is 1. The minimum atomic E-state index is -0.501. The predicted molar refractivity (Wildman–Crippen MR) is 99.2 cm³/mol. The van der Waals surface area contributed by atoms with Gasteiger partial charge in [0.05, 0.1) is 5.02 Å². The summed E-state index contributed by atoms with van der Waals surface area (Å²) in [4.78, 5) is 20.3. The molecular weight excluding hydrogens is 355 g/mol. The third kappa shape index (κ3) is 4.77. The maximum atomic E-state index is 13.2. The van der Waals surface area contributed by atoms with Crippen LogP contribution >= 0.6 is 11.6 Å². The van der Waals surface area contributed by atoms with Gasteiger partial charge in [-0.2, -0.15) is 0 Å². The maximum Gasteiger partial charge on any atom is 0.270 e. The third-order valence-corrected chi connectivity index (χ3v) is 3.92. The number of anilines is 2. The summed E-state index contributed by atoms with van der Waals surface area (Å²) in [5.41, 5.74) is 1.94. The van der Waals surface area contributed by atoms with Gasteiger partial charge in [-0.15, -0.1) is 0 Å². The van der Waals surface area contributed by atoms with Crippen LogP contribution in [0.2, 0.25) is 5.02 Å². The van der Waals surface area contributed by atoms with E-state index in [0.29, 0.717) is 18.1 Å². The van der Waals surface area contributed by atoms with Gasteiger partial charge in [-0.1, -0.05) is 41.9 Å². The fraction of sp³-hybridized carbons (Fsp3) is 0.105. The molecule has 3 aromatic rings. The summed E-state index contributed by atoms with van der Waals surface area (Å²) in [5.74, 6) is -0.377. The maximum absolute atomic E-state index is 13.2. The second kappa shape index (κ2) is 8.40. The van der Waals surface area contributed by atoms with Gasteiger partial charge in [-0.25, -0.2) is 14.4 Å². The Hall–Kier alpha value is -2.99. The van der Waals surface area contributed by atoms with Crippen LogP contribution in [0.4, 0.5) is 15.9 Å². The van der Waals surface area contributed by atoms with Gasteiger partial charge in [0.1, 0.15) is 23.7 Å². The Balaban J connectivity index is 1.60. The normalized spacial score (nSPS) is 10.4. The highest BCUT2D eigenvalue weighted by molar-refractivity contribution is 6.31. The number of halogens is 2. The summed E-state index contributed by atoms with van der Waals surface area (Å²) in [6.07, 6.45) is 2.02. The lowest BCUT2D eigenvalue weighted by atomic mass is 10.1. The monoisotopic (exact) mass is 370 g/mol. The van der Waals surface area contributed by atoms with Gasteiger partial charge in [0, 0.05) is 18.3 Å². The molecular formula is C19H16ClFN4O. The van der Waals surface area contributed by atoms with Crippen molar-refractivity contribution in [3.05, 3.63) is 83.0 Å². The Morgan fingerprint density at radius 1 is 1.08 bits per heavy atom. The molecule has 2 aromatic carbocycles. The van der Waals surface area contributed by atoms with Gasteiger partial charge in [-0.05, 0) is 30.2 Å². The molecule has 1 aromatic heterocycles. The van der Waals surface area contributed by atoms with Crippen molar-refractivity contribution in [2.75, 3.05) is 11.9 Å². The molecule has 0 saturated carbocycles. The van der Waals surface area contributed by atoms with E-state index in [0.717, 1.165) is 12.0 Å². The van der Waals surface area contributed by atoms with E-state index < -0.39 is 5.82 Å². The molecule has 5 nitrogen and oxygen atoms in total. The highest BCUT2D eigenvalue weighted by Crippen LogP contribution is 2.21. The van der Waals surface area contributed by atoms with Crippen LogP contribution in [-0.2, 0) is 6.42 Å². The first-order valence-corrected chi connectivity index (χ1v) is 8.36. The molecule has 0 atom stereocenters. The van der Waals surface area contributed by atoms with Crippen LogP contribution in [0, 0.1) is 5.82 Å². The first-order chi connectivity index (χ1) is 12.6. The minimum absolute atomic E-state index is 0.00272. The third-order valence-electron chi connectivity index (χ3n) is 3.63. The lowest BCUT2D eigenvalue weighted by Gasteiger charge is -2.08. The largest absolute Gasteiger partial charge is 0.350 e. The number of carbonyl (C=O) groups excluding carboxylic acids is 1. The van der Waals surface area contributed by atoms with Crippen LogP contribution in [0.25, 0.3) is 0 Å². The van der Waals surface area contributed by atoms with Crippen molar-refractivity contribution in [1.29, 1.82) is 0 Å². The zero-order chi connectivity index (χ0) is 18.4. The lowest BCUT2D eigenvalue weighted by molar-refractivity contribution is 0.0949. The van der Waals surface area contributed by atoms with E-state index in [9.17, 15) is 9.18 Å². The molecule has 0 unspecified atom stereocenters. The summed E-state index contributed by atoms with van der Waals surface area (Å²) in [5, 5.41) is 5.80. The topological polar surface area (TPSA) is 66.9 Å². The highest BCUT2D eigenvalue weighted by Gasteiger charge is 2.09. The van der Waals surface area contributed by atoms with Crippen molar-refractivity contribution in [3.63, 3.8) is 0 Å². The van der Waals surface area contributed by atoms with Crippen molar-refractivity contribution in [2.45, 2.75) is 6.42 Å². The second-order valence-electron chi connectivity index (χ2n) is 5.53. The Morgan fingerprint density at radius 3 is 2.65 bits per heavy atom. The van der Waals surface area contributed by atoms with Crippen LogP contribution in [-0.4, -0.2) is 22.4 Å². The summed E-state index contributed by atoms with van der Waals surface area (Å²) >= 11 is 5.76. The molecule has 132 valence electrons. The van der Waals surface area contributed by atoms with E-state index in [-0.39, 0.29) is 16.6 Å². The standard InChI is InChI=1S/C19H16ClFN4O/c20-15-10-14(6-7-16(15)21)25-18-11-17(23-12-24-18)19(26)22-9-8-13-4-2-1-3-5-13/h1-7,10-12H,8-9H2,(H,22,26)(H,23,24,25). The van der Waals surface area contributed by atoms with E-state index in [1.54, 1.807) is 0 Å². The van der Waals surface area contributed by atoms with E-state index in [1.807, 2.05) is 30.3 Å². The van der Waals surface area contributed by atoms with Gasteiger partial charge >= 0.3 is 0 Å². The quantitative estimate of drug-likeness (QED) is 0.688. The molecule has 0 saturated heterocycles. The zero-order valence-corrected chi connectivity index (χ0v) is 14.5. The first-order valence-electron chi connectivity index (χ1n) is 7.98. The molecule has 1 heterocycles. The van der Waals surface area contributed by atoms with Gasteiger partial charge in [-0.3, -0.25) is 4.79 Å². The van der Waals surface area contributed by atoms with Crippen molar-refractivity contribution >= 4 is 29.0 Å². The summed E-state index contributed by atoms with van der Waals surface area (Å²) in [6.45, 7) is 0.503. The number of nitrogens with zero attached hydrogens (tertiary/aromatic N) is 2. The number of hydrogen-bond acceptors (Lipinski definition) is 4. The summed E-state index contributed by atoms with van der Waals surface area (Å²) < 4.78 is 13.2. The van der Waals surface area contributed by atoms with E-state index >= 15 is 0 Å². The summed E-state index contributed by atoms with van der Waals surface area (Å²) in [7, 11) is 0. The highest BCUT2D eigenvalue weighted by atomic mass is 35.5. The Morgan fingerprint density at radius 2 is 1.88 bits per heavy atom. The van der Waals surface area contributed by atoms with Gasteiger partial charge in [0.25, 0.3) is 5.91 Å². The fourth-order valence-electron chi connectivity index (χ4n) is 2.33. The van der Waals surface area contributed by atoms with Crippen molar-refractivity contribution < 1.29 is 9.18 Å². The molecule has 1 amide bonds. The molecule has 0 aliphatic rings. The Bertz CT molecular complexity index is 905. The van der Waals surface area contributed by atoms with Gasteiger partial charge in [0.2, 0.25) is 0 Å². The molecule has 0 spiro atoms. The molecule has 3 rings (SSSR count). The van der Waals surface area contributed by atoms with E-state index in [1.165, 1.54) is 30.6 Å². The molecule has 0 bridgehead atoms. The average Bonchev–Trinajstić information content (AvgIpc) is 2.66. The minimum Gasteiger partial charge on any atom is -0.350 e. The number of benzene rings is 2. The predicted octanol–water partition coefficient (Wildman–Crippen LogP) is 3.99. The van der Waals surface area contributed by atoms with Crippen LogP contribution < -0.4 is 10.6 Å². The van der Waals surface area contributed by atoms with Gasteiger partial charge < -0.3 is 10.6 Å². The fourth-order valence-corrected chi connectivity index (χ4v) is 2.51. The number of hydrogen-bond donors (Lipinski definition) is 2. The van der Waals surface area contributed by atoms with Crippen LogP contribution in [0.5, 0.6) is 0 Å². The van der Waals surface area contributed by atoms with Crippen LogP contribution in [0.1, 0.15) is 16.1 Å². The molecule has 0 aliphatic heterocycles. The Labute approximate surface area is 155 Å². The second-order valence-corrected chi connectivity index (χ2v) is 5.94. The van der Waals surface area contributed by atoms with Crippen LogP contribution in [0.3, 0.4) is 0 Å². The van der Waals surface area contributed by atoms with Crippen molar-refractivity contribution in [3.8, 4) is 0 Å². The summed E-state index contributed by atoms with van der Waals surface area (Å²) in [6, 6.07) is 15.6.